The number of rotatable bonds is 4. The standard InChI is InChI=1S/C16H18FNO2/c1-10-7-8-12(17)15(9-10)20-14-6-4-5-13(19-3)16(14)11(2)18/h4-9,11H,18H2,1-3H3. The van der Waals surface area contributed by atoms with Gasteiger partial charge in [-0.3, -0.25) is 0 Å². The SMILES string of the molecule is COc1cccc(Oc2cc(C)ccc2F)c1C(C)N. The first-order valence-electron chi connectivity index (χ1n) is 6.39. The van der Waals surface area contributed by atoms with Gasteiger partial charge in [-0.25, -0.2) is 4.39 Å². The van der Waals surface area contributed by atoms with E-state index in [1.165, 1.54) is 6.07 Å². The number of benzene rings is 2. The van der Waals surface area contributed by atoms with Crippen LogP contribution in [0.25, 0.3) is 0 Å². The third-order valence-electron chi connectivity index (χ3n) is 3.01. The van der Waals surface area contributed by atoms with E-state index in [0.717, 1.165) is 11.1 Å². The molecule has 0 aliphatic heterocycles. The number of hydrogen-bond acceptors (Lipinski definition) is 3. The second kappa shape index (κ2) is 5.92. The number of hydrogen-bond donors (Lipinski definition) is 1. The van der Waals surface area contributed by atoms with Gasteiger partial charge in [-0.1, -0.05) is 12.1 Å². The van der Waals surface area contributed by atoms with Crippen molar-refractivity contribution in [1.29, 1.82) is 0 Å². The maximum Gasteiger partial charge on any atom is 0.165 e. The number of methoxy groups -OCH3 is 1. The van der Waals surface area contributed by atoms with Crippen molar-refractivity contribution < 1.29 is 13.9 Å². The van der Waals surface area contributed by atoms with Gasteiger partial charge in [-0.15, -0.1) is 0 Å². The molecule has 0 radical (unpaired) electrons. The van der Waals surface area contributed by atoms with E-state index >= 15 is 0 Å². The van der Waals surface area contributed by atoms with Crippen molar-refractivity contribution in [2.45, 2.75) is 19.9 Å². The molecule has 3 nitrogen and oxygen atoms in total. The highest BCUT2D eigenvalue weighted by molar-refractivity contribution is 5.48. The van der Waals surface area contributed by atoms with Crippen LogP contribution in [0, 0.1) is 12.7 Å². The zero-order valence-electron chi connectivity index (χ0n) is 11.8. The molecule has 0 bridgehead atoms. The van der Waals surface area contributed by atoms with Crippen LogP contribution in [0.1, 0.15) is 24.1 Å². The van der Waals surface area contributed by atoms with Gasteiger partial charge in [0.1, 0.15) is 11.5 Å². The van der Waals surface area contributed by atoms with Crippen LogP contribution in [0.2, 0.25) is 0 Å². The zero-order chi connectivity index (χ0) is 14.7. The molecule has 0 spiro atoms. The molecule has 106 valence electrons. The molecule has 20 heavy (non-hydrogen) atoms. The van der Waals surface area contributed by atoms with Crippen molar-refractivity contribution >= 4 is 0 Å². The average molecular weight is 275 g/mol. The Morgan fingerprint density at radius 1 is 1.10 bits per heavy atom. The summed E-state index contributed by atoms with van der Waals surface area (Å²) in [6, 6.07) is 9.79. The van der Waals surface area contributed by atoms with E-state index in [9.17, 15) is 4.39 Å². The smallest absolute Gasteiger partial charge is 0.165 e. The Balaban J connectivity index is 2.45. The Bertz CT molecular complexity index is 611. The highest BCUT2D eigenvalue weighted by atomic mass is 19.1. The predicted molar refractivity (Wildman–Crippen MR) is 76.8 cm³/mol. The van der Waals surface area contributed by atoms with Crippen LogP contribution in [0.5, 0.6) is 17.2 Å². The van der Waals surface area contributed by atoms with Gasteiger partial charge in [0.25, 0.3) is 0 Å². The Labute approximate surface area is 118 Å². The van der Waals surface area contributed by atoms with Gasteiger partial charge < -0.3 is 15.2 Å². The Morgan fingerprint density at radius 3 is 2.45 bits per heavy atom. The predicted octanol–water partition coefficient (Wildman–Crippen LogP) is 3.95. The summed E-state index contributed by atoms with van der Waals surface area (Å²) in [6.45, 7) is 3.71. The fourth-order valence-corrected chi connectivity index (χ4v) is 2.05. The van der Waals surface area contributed by atoms with Gasteiger partial charge in [0.05, 0.1) is 12.7 Å². The highest BCUT2D eigenvalue weighted by Gasteiger charge is 2.16. The van der Waals surface area contributed by atoms with Crippen LogP contribution in [-0.4, -0.2) is 7.11 Å². The Kier molecular flexibility index (Phi) is 4.25. The van der Waals surface area contributed by atoms with Crippen LogP contribution in [0.15, 0.2) is 36.4 Å². The topological polar surface area (TPSA) is 44.5 Å². The minimum atomic E-state index is -0.408. The molecule has 0 aliphatic rings. The largest absolute Gasteiger partial charge is 0.496 e. The summed E-state index contributed by atoms with van der Waals surface area (Å²) in [6.07, 6.45) is 0. The lowest BCUT2D eigenvalue weighted by molar-refractivity contribution is 0.393. The zero-order valence-corrected chi connectivity index (χ0v) is 11.8. The van der Waals surface area contributed by atoms with E-state index < -0.39 is 5.82 Å². The summed E-state index contributed by atoms with van der Waals surface area (Å²) < 4.78 is 24.8. The number of ether oxygens (including phenoxy) is 2. The molecular formula is C16H18FNO2. The molecule has 2 N–H and O–H groups in total. The van der Waals surface area contributed by atoms with Crippen LogP contribution >= 0.6 is 0 Å². The normalized spacial score (nSPS) is 12.1. The van der Waals surface area contributed by atoms with Crippen molar-refractivity contribution in [3.63, 3.8) is 0 Å². The lowest BCUT2D eigenvalue weighted by Crippen LogP contribution is -2.09. The fourth-order valence-electron chi connectivity index (χ4n) is 2.05. The molecule has 0 fully saturated rings. The summed E-state index contributed by atoms with van der Waals surface area (Å²) in [5.74, 6) is 0.906. The lowest BCUT2D eigenvalue weighted by atomic mass is 10.1. The van der Waals surface area contributed by atoms with E-state index in [4.69, 9.17) is 15.2 Å². The lowest BCUT2D eigenvalue weighted by Gasteiger charge is -2.17. The van der Waals surface area contributed by atoms with Crippen LogP contribution < -0.4 is 15.2 Å². The second-order valence-electron chi connectivity index (χ2n) is 4.70. The molecule has 1 atom stereocenters. The third kappa shape index (κ3) is 2.91. The minimum Gasteiger partial charge on any atom is -0.496 e. The molecule has 0 amide bonds. The van der Waals surface area contributed by atoms with Crippen molar-refractivity contribution in [1.82, 2.24) is 0 Å². The van der Waals surface area contributed by atoms with Gasteiger partial charge >= 0.3 is 0 Å². The van der Waals surface area contributed by atoms with Gasteiger partial charge in [0.15, 0.2) is 11.6 Å². The van der Waals surface area contributed by atoms with Crippen LogP contribution in [0.3, 0.4) is 0 Å². The maximum absolute atomic E-state index is 13.8. The average Bonchev–Trinajstić information content (AvgIpc) is 2.42. The van der Waals surface area contributed by atoms with E-state index in [1.807, 2.05) is 13.8 Å². The molecule has 4 heteroatoms. The van der Waals surface area contributed by atoms with E-state index in [0.29, 0.717) is 11.5 Å². The van der Waals surface area contributed by atoms with Crippen LogP contribution in [0.4, 0.5) is 4.39 Å². The quantitative estimate of drug-likeness (QED) is 0.918. The van der Waals surface area contributed by atoms with Gasteiger partial charge in [-0.05, 0) is 43.7 Å². The maximum atomic E-state index is 13.8. The van der Waals surface area contributed by atoms with E-state index in [2.05, 4.69) is 0 Å². The summed E-state index contributed by atoms with van der Waals surface area (Å²) in [5, 5.41) is 0. The number of aryl methyl sites for hydroxylation is 1. The molecule has 0 aromatic heterocycles. The Morgan fingerprint density at radius 2 is 1.80 bits per heavy atom. The van der Waals surface area contributed by atoms with Crippen molar-refractivity contribution in [3.05, 3.63) is 53.3 Å². The van der Waals surface area contributed by atoms with Gasteiger partial charge in [-0.2, -0.15) is 0 Å². The van der Waals surface area contributed by atoms with E-state index in [-0.39, 0.29) is 11.8 Å². The molecule has 2 aromatic carbocycles. The first-order valence-corrected chi connectivity index (χ1v) is 6.39. The molecule has 2 aromatic rings. The monoisotopic (exact) mass is 275 g/mol. The first kappa shape index (κ1) is 14.3. The second-order valence-corrected chi connectivity index (χ2v) is 4.70. The molecule has 0 saturated heterocycles. The highest BCUT2D eigenvalue weighted by Crippen LogP contribution is 2.36. The molecule has 2 rings (SSSR count). The molecule has 0 saturated carbocycles. The summed E-state index contributed by atoms with van der Waals surface area (Å²) in [5.41, 5.74) is 7.60. The fraction of sp³-hybridized carbons (Fsp3) is 0.250. The van der Waals surface area contributed by atoms with Gasteiger partial charge in [0.2, 0.25) is 0 Å². The summed E-state index contributed by atoms with van der Waals surface area (Å²) >= 11 is 0. The molecule has 0 aliphatic carbocycles. The molecule has 1 unspecified atom stereocenters. The summed E-state index contributed by atoms with van der Waals surface area (Å²) in [4.78, 5) is 0. The first-order chi connectivity index (χ1) is 9.52. The minimum absolute atomic E-state index is 0.181. The van der Waals surface area contributed by atoms with Gasteiger partial charge in [0, 0.05) is 6.04 Å². The molecular weight excluding hydrogens is 257 g/mol. The molecule has 0 heterocycles. The van der Waals surface area contributed by atoms with E-state index in [1.54, 1.807) is 37.4 Å². The van der Waals surface area contributed by atoms with Crippen molar-refractivity contribution in [2.75, 3.05) is 7.11 Å². The third-order valence-corrected chi connectivity index (χ3v) is 3.01. The number of nitrogens with two attached hydrogens (primary N) is 1. The summed E-state index contributed by atoms with van der Waals surface area (Å²) in [7, 11) is 1.57. The van der Waals surface area contributed by atoms with Crippen LogP contribution in [-0.2, 0) is 0 Å². The number of halogens is 1. The van der Waals surface area contributed by atoms with Crippen molar-refractivity contribution in [2.24, 2.45) is 5.73 Å². The van der Waals surface area contributed by atoms with Crippen molar-refractivity contribution in [3.8, 4) is 17.2 Å². The Hall–Kier alpha value is -2.07.